The Kier molecular flexibility index (Phi) is 2.44. The van der Waals surface area contributed by atoms with Crippen LogP contribution < -0.4 is 5.32 Å². The van der Waals surface area contributed by atoms with Gasteiger partial charge in [-0.25, -0.2) is 4.39 Å². The molecule has 1 aromatic heterocycles. The van der Waals surface area contributed by atoms with Gasteiger partial charge in [-0.2, -0.15) is 0 Å². The Morgan fingerprint density at radius 3 is 2.76 bits per heavy atom. The molecule has 17 heavy (non-hydrogen) atoms. The maximum absolute atomic E-state index is 13.8. The Balaban J connectivity index is 2.03. The molecule has 0 unspecified atom stereocenters. The highest BCUT2D eigenvalue weighted by atomic mass is 19.1. The van der Waals surface area contributed by atoms with Gasteiger partial charge in [-0.15, -0.1) is 0 Å². The molecule has 1 N–H and O–H groups in total. The third kappa shape index (κ3) is 1.84. The van der Waals surface area contributed by atoms with Crippen LogP contribution in [0.3, 0.4) is 0 Å². The summed E-state index contributed by atoms with van der Waals surface area (Å²) >= 11 is 0. The summed E-state index contributed by atoms with van der Waals surface area (Å²) in [5.41, 5.74) is 2.60. The van der Waals surface area contributed by atoms with Gasteiger partial charge in [0.2, 0.25) is 0 Å². The minimum absolute atomic E-state index is 0.190. The van der Waals surface area contributed by atoms with Crippen molar-refractivity contribution in [2.24, 2.45) is 0 Å². The molecule has 0 spiro atoms. The quantitative estimate of drug-likeness (QED) is 0.878. The summed E-state index contributed by atoms with van der Waals surface area (Å²) in [6.45, 7) is 4.57. The van der Waals surface area contributed by atoms with E-state index in [0.717, 1.165) is 16.9 Å². The second-order valence-electron chi connectivity index (χ2n) is 4.87. The van der Waals surface area contributed by atoms with Crippen LogP contribution in [0, 0.1) is 19.7 Å². The maximum atomic E-state index is 13.8. The van der Waals surface area contributed by atoms with E-state index in [0.29, 0.717) is 23.6 Å². The summed E-state index contributed by atoms with van der Waals surface area (Å²) in [6.07, 6.45) is 2.49. The lowest BCUT2D eigenvalue weighted by atomic mass is 10.1. The summed E-state index contributed by atoms with van der Waals surface area (Å²) in [6, 6.07) is 3.91. The molecule has 3 rings (SSSR count). The van der Waals surface area contributed by atoms with E-state index in [1.54, 1.807) is 6.07 Å². The van der Waals surface area contributed by atoms with Crippen molar-refractivity contribution in [1.82, 2.24) is 5.32 Å². The van der Waals surface area contributed by atoms with Gasteiger partial charge in [0.1, 0.15) is 17.2 Å². The zero-order valence-electron chi connectivity index (χ0n) is 10.1. The molecule has 1 heterocycles. The number of hydrogen-bond acceptors (Lipinski definition) is 2. The van der Waals surface area contributed by atoms with Crippen molar-refractivity contribution in [3.05, 3.63) is 34.8 Å². The van der Waals surface area contributed by atoms with E-state index in [-0.39, 0.29) is 5.82 Å². The fourth-order valence-electron chi connectivity index (χ4n) is 2.18. The van der Waals surface area contributed by atoms with Gasteiger partial charge >= 0.3 is 0 Å². The molecule has 1 aliphatic rings. The van der Waals surface area contributed by atoms with Crippen LogP contribution >= 0.6 is 0 Å². The van der Waals surface area contributed by atoms with Crippen LogP contribution in [0.1, 0.15) is 29.7 Å². The van der Waals surface area contributed by atoms with Gasteiger partial charge in [-0.3, -0.25) is 0 Å². The van der Waals surface area contributed by atoms with Crippen molar-refractivity contribution in [1.29, 1.82) is 0 Å². The van der Waals surface area contributed by atoms with E-state index in [9.17, 15) is 4.39 Å². The summed E-state index contributed by atoms with van der Waals surface area (Å²) in [4.78, 5) is 0. The number of hydrogen-bond donors (Lipinski definition) is 1. The van der Waals surface area contributed by atoms with Crippen LogP contribution in [0.25, 0.3) is 11.0 Å². The van der Waals surface area contributed by atoms with E-state index >= 15 is 0 Å². The molecule has 0 radical (unpaired) electrons. The Bertz CT molecular complexity index is 569. The van der Waals surface area contributed by atoms with Crippen LogP contribution in [0.2, 0.25) is 0 Å². The average molecular weight is 233 g/mol. The maximum Gasteiger partial charge on any atom is 0.140 e. The van der Waals surface area contributed by atoms with Crippen LogP contribution in [0.4, 0.5) is 4.39 Å². The predicted molar refractivity (Wildman–Crippen MR) is 65.5 cm³/mol. The van der Waals surface area contributed by atoms with Gasteiger partial charge < -0.3 is 9.73 Å². The molecular weight excluding hydrogens is 217 g/mol. The summed E-state index contributed by atoms with van der Waals surface area (Å²) in [5.74, 6) is 0.671. The predicted octanol–water partition coefficient (Wildman–Crippen LogP) is 3.44. The minimum Gasteiger partial charge on any atom is -0.459 e. The first kappa shape index (κ1) is 10.8. The molecule has 1 saturated carbocycles. The van der Waals surface area contributed by atoms with Crippen LogP contribution in [-0.4, -0.2) is 6.04 Å². The van der Waals surface area contributed by atoms with Crippen LogP contribution in [0.15, 0.2) is 16.5 Å². The second-order valence-corrected chi connectivity index (χ2v) is 4.87. The fourth-order valence-corrected chi connectivity index (χ4v) is 2.18. The molecule has 90 valence electrons. The van der Waals surface area contributed by atoms with Gasteiger partial charge in [0.05, 0.1) is 11.9 Å². The highest BCUT2D eigenvalue weighted by molar-refractivity contribution is 5.85. The van der Waals surface area contributed by atoms with Crippen molar-refractivity contribution in [3.63, 3.8) is 0 Å². The molecule has 1 aromatic carbocycles. The topological polar surface area (TPSA) is 25.2 Å². The standard InChI is InChI=1S/C14H16FNO/c1-8-3-6-11(15)13-9(2)12(17-14(8)13)7-16-10-4-5-10/h3,6,10,16H,4-5,7H2,1-2H3. The Morgan fingerprint density at radius 2 is 2.12 bits per heavy atom. The lowest BCUT2D eigenvalue weighted by Gasteiger charge is -1.99. The number of nitrogens with one attached hydrogen (secondary N) is 1. The third-order valence-electron chi connectivity index (χ3n) is 3.45. The normalized spacial score (nSPS) is 15.7. The lowest BCUT2D eigenvalue weighted by molar-refractivity contribution is 0.507. The molecular formula is C14H16FNO. The monoisotopic (exact) mass is 233 g/mol. The largest absolute Gasteiger partial charge is 0.459 e. The molecule has 3 heteroatoms. The Labute approximate surface area is 99.8 Å². The molecule has 2 aromatic rings. The van der Waals surface area contributed by atoms with Gasteiger partial charge in [-0.1, -0.05) is 6.07 Å². The number of furan rings is 1. The van der Waals surface area contributed by atoms with Crippen molar-refractivity contribution in [2.75, 3.05) is 0 Å². The molecule has 2 nitrogen and oxygen atoms in total. The molecule has 0 amide bonds. The van der Waals surface area contributed by atoms with Crippen LogP contribution in [-0.2, 0) is 6.54 Å². The summed E-state index contributed by atoms with van der Waals surface area (Å²) in [7, 11) is 0. The Morgan fingerprint density at radius 1 is 1.35 bits per heavy atom. The molecule has 1 fully saturated rings. The SMILES string of the molecule is Cc1ccc(F)c2c(C)c(CNC3CC3)oc12. The van der Waals surface area contributed by atoms with E-state index in [2.05, 4.69) is 5.32 Å². The van der Waals surface area contributed by atoms with Crippen molar-refractivity contribution >= 4 is 11.0 Å². The third-order valence-corrected chi connectivity index (χ3v) is 3.45. The van der Waals surface area contributed by atoms with Crippen molar-refractivity contribution in [2.45, 2.75) is 39.3 Å². The van der Waals surface area contributed by atoms with E-state index in [1.165, 1.54) is 18.9 Å². The number of rotatable bonds is 3. The van der Waals surface area contributed by atoms with E-state index in [4.69, 9.17) is 4.42 Å². The lowest BCUT2D eigenvalue weighted by Crippen LogP contribution is -2.15. The minimum atomic E-state index is -0.190. The van der Waals surface area contributed by atoms with Gasteiger partial charge in [0, 0.05) is 11.6 Å². The first-order chi connectivity index (χ1) is 8.16. The number of aryl methyl sites for hydroxylation is 2. The van der Waals surface area contributed by atoms with Crippen molar-refractivity contribution in [3.8, 4) is 0 Å². The number of halogens is 1. The highest BCUT2D eigenvalue weighted by Crippen LogP contribution is 2.30. The zero-order chi connectivity index (χ0) is 12.0. The first-order valence-corrected chi connectivity index (χ1v) is 6.07. The van der Waals surface area contributed by atoms with Gasteiger partial charge in [-0.05, 0) is 38.3 Å². The molecule has 1 aliphatic carbocycles. The summed E-state index contributed by atoms with van der Waals surface area (Å²) < 4.78 is 19.6. The zero-order valence-corrected chi connectivity index (χ0v) is 10.1. The number of benzene rings is 1. The van der Waals surface area contributed by atoms with E-state index in [1.807, 2.05) is 13.8 Å². The van der Waals surface area contributed by atoms with Gasteiger partial charge in [0.25, 0.3) is 0 Å². The van der Waals surface area contributed by atoms with Gasteiger partial charge in [0.15, 0.2) is 0 Å². The molecule has 0 saturated heterocycles. The second kappa shape index (κ2) is 3.84. The van der Waals surface area contributed by atoms with E-state index < -0.39 is 0 Å². The molecule has 0 atom stereocenters. The molecule has 0 aliphatic heterocycles. The fraction of sp³-hybridized carbons (Fsp3) is 0.429. The molecule has 0 bridgehead atoms. The smallest absolute Gasteiger partial charge is 0.140 e. The average Bonchev–Trinajstić information content (AvgIpc) is 3.06. The first-order valence-electron chi connectivity index (χ1n) is 6.07. The summed E-state index contributed by atoms with van der Waals surface area (Å²) in [5, 5.41) is 4.03. The Hall–Kier alpha value is -1.35. The van der Waals surface area contributed by atoms with Crippen LogP contribution in [0.5, 0.6) is 0 Å². The highest BCUT2D eigenvalue weighted by Gasteiger charge is 2.22. The van der Waals surface area contributed by atoms with Crippen molar-refractivity contribution < 1.29 is 8.81 Å². The number of fused-ring (bicyclic) bond motifs is 1.